The summed E-state index contributed by atoms with van der Waals surface area (Å²) in [5.41, 5.74) is 2.53. The predicted molar refractivity (Wildman–Crippen MR) is 150 cm³/mol. The van der Waals surface area contributed by atoms with Gasteiger partial charge in [-0.05, 0) is 65.3 Å². The second-order valence-electron chi connectivity index (χ2n) is 10.8. The third-order valence-corrected chi connectivity index (χ3v) is 7.92. The molecule has 9 nitrogen and oxygen atoms in total. The van der Waals surface area contributed by atoms with Gasteiger partial charge in [0, 0.05) is 42.5 Å². The maximum absolute atomic E-state index is 13.5. The molecule has 2 amide bonds. The summed E-state index contributed by atoms with van der Waals surface area (Å²) in [5.74, 6) is 1.31. The van der Waals surface area contributed by atoms with Crippen molar-refractivity contribution in [2.45, 2.75) is 59.2 Å². The van der Waals surface area contributed by atoms with Gasteiger partial charge in [-0.3, -0.25) is 4.79 Å². The lowest BCUT2D eigenvalue weighted by molar-refractivity contribution is 0.0502. The molecule has 1 fully saturated rings. The number of nitrogens with one attached hydrogen (secondary N) is 1. The Balaban J connectivity index is 1.44. The highest BCUT2D eigenvalue weighted by molar-refractivity contribution is 7.18. The summed E-state index contributed by atoms with van der Waals surface area (Å²) in [6.45, 7) is 11.5. The Morgan fingerprint density at radius 3 is 2.66 bits per heavy atom. The molecule has 3 aromatic heterocycles. The van der Waals surface area contributed by atoms with Gasteiger partial charge in [-0.2, -0.15) is 0 Å². The Kier molecular flexibility index (Phi) is 6.63. The van der Waals surface area contributed by atoms with E-state index in [1.54, 1.807) is 29.4 Å². The van der Waals surface area contributed by atoms with Crippen molar-refractivity contribution in [3.63, 3.8) is 0 Å². The number of methoxy groups -OCH3 is 1. The van der Waals surface area contributed by atoms with Crippen molar-refractivity contribution in [3.05, 3.63) is 34.7 Å². The van der Waals surface area contributed by atoms with E-state index in [9.17, 15) is 9.59 Å². The number of carbonyl (C=O) groups is 2. The summed E-state index contributed by atoms with van der Waals surface area (Å²) < 4.78 is 15.4. The maximum atomic E-state index is 13.5. The van der Waals surface area contributed by atoms with E-state index in [2.05, 4.69) is 35.9 Å². The van der Waals surface area contributed by atoms with E-state index in [-0.39, 0.29) is 11.9 Å². The van der Waals surface area contributed by atoms with Crippen molar-refractivity contribution < 1.29 is 19.1 Å². The number of amides is 2. The van der Waals surface area contributed by atoms with Gasteiger partial charge in [-0.15, -0.1) is 11.3 Å². The highest BCUT2D eigenvalue weighted by Gasteiger charge is 2.30. The van der Waals surface area contributed by atoms with Crippen LogP contribution in [0.3, 0.4) is 0 Å². The highest BCUT2D eigenvalue weighted by atomic mass is 32.1. The van der Waals surface area contributed by atoms with Crippen LogP contribution in [0.5, 0.6) is 5.75 Å². The van der Waals surface area contributed by atoms with Crippen LogP contribution in [-0.2, 0) is 18.3 Å². The SMILES string of the molecule is CCn1c(-c2nc3cc(C(=O)N4CC[C@@H](NC(=O)OC(C)(C)C)C4)cc(OC)c3n2C)cc2cc(C)sc21. The summed E-state index contributed by atoms with van der Waals surface area (Å²) in [6.07, 6.45) is 0.204. The van der Waals surface area contributed by atoms with Crippen molar-refractivity contribution in [2.75, 3.05) is 20.2 Å². The number of thiophene rings is 1. The lowest BCUT2D eigenvalue weighted by Crippen LogP contribution is -2.41. The average molecular weight is 538 g/mol. The normalized spacial score (nSPS) is 16.0. The topological polar surface area (TPSA) is 90.6 Å². The van der Waals surface area contributed by atoms with Gasteiger partial charge in [0.1, 0.15) is 21.7 Å². The van der Waals surface area contributed by atoms with Crippen LogP contribution in [-0.4, -0.2) is 62.9 Å². The lowest BCUT2D eigenvalue weighted by atomic mass is 10.1. The Bertz CT molecular complexity index is 1540. The second-order valence-corrected chi connectivity index (χ2v) is 12.0. The minimum atomic E-state index is -0.570. The molecule has 1 aliphatic heterocycles. The van der Waals surface area contributed by atoms with E-state index in [4.69, 9.17) is 14.5 Å². The first-order valence-electron chi connectivity index (χ1n) is 12.9. The summed E-state index contributed by atoms with van der Waals surface area (Å²) in [6, 6.07) is 7.86. The fourth-order valence-electron chi connectivity index (χ4n) is 5.21. The number of likely N-dealkylation sites (tertiary alicyclic amines) is 1. The number of fused-ring (bicyclic) bond motifs is 2. The lowest BCUT2D eigenvalue weighted by Gasteiger charge is -2.22. The fourth-order valence-corrected chi connectivity index (χ4v) is 6.27. The van der Waals surface area contributed by atoms with Crippen LogP contribution in [0.4, 0.5) is 4.79 Å². The van der Waals surface area contributed by atoms with Crippen LogP contribution < -0.4 is 10.1 Å². The molecule has 0 saturated carbocycles. The number of hydrogen-bond donors (Lipinski definition) is 1. The van der Waals surface area contributed by atoms with Crippen molar-refractivity contribution >= 4 is 44.6 Å². The number of benzene rings is 1. The zero-order valence-corrected chi connectivity index (χ0v) is 23.9. The zero-order chi connectivity index (χ0) is 27.4. The summed E-state index contributed by atoms with van der Waals surface area (Å²) in [7, 11) is 3.59. The molecule has 1 atom stereocenters. The Morgan fingerprint density at radius 2 is 1.97 bits per heavy atom. The molecular formula is C28H35N5O4S. The fraction of sp³-hybridized carbons (Fsp3) is 0.464. The Morgan fingerprint density at radius 1 is 1.21 bits per heavy atom. The van der Waals surface area contributed by atoms with Gasteiger partial charge < -0.3 is 28.8 Å². The monoisotopic (exact) mass is 537 g/mol. The number of hydrogen-bond acceptors (Lipinski definition) is 6. The highest BCUT2D eigenvalue weighted by Crippen LogP contribution is 2.36. The first-order chi connectivity index (χ1) is 18.0. The van der Waals surface area contributed by atoms with Crippen LogP contribution in [0.15, 0.2) is 24.3 Å². The minimum absolute atomic E-state index is 0.112. The third kappa shape index (κ3) is 4.73. The van der Waals surface area contributed by atoms with Crippen molar-refractivity contribution in [3.8, 4) is 17.3 Å². The molecule has 202 valence electrons. The van der Waals surface area contributed by atoms with Gasteiger partial charge in [0.05, 0.1) is 24.4 Å². The van der Waals surface area contributed by atoms with E-state index >= 15 is 0 Å². The number of carbonyl (C=O) groups excluding carboxylic acids is 2. The van der Waals surface area contributed by atoms with Gasteiger partial charge in [0.25, 0.3) is 5.91 Å². The van der Waals surface area contributed by atoms with E-state index in [1.165, 1.54) is 15.1 Å². The van der Waals surface area contributed by atoms with E-state index in [0.717, 1.165) is 23.6 Å². The van der Waals surface area contributed by atoms with E-state index in [0.29, 0.717) is 36.3 Å². The van der Waals surface area contributed by atoms with Gasteiger partial charge in [0.15, 0.2) is 5.82 Å². The number of aromatic nitrogens is 3. The summed E-state index contributed by atoms with van der Waals surface area (Å²) in [4.78, 5) is 34.9. The van der Waals surface area contributed by atoms with Crippen LogP contribution in [0, 0.1) is 6.92 Å². The van der Waals surface area contributed by atoms with Crippen molar-refractivity contribution in [1.82, 2.24) is 24.3 Å². The number of rotatable bonds is 5. The molecule has 1 aliphatic rings. The van der Waals surface area contributed by atoms with E-state index in [1.807, 2.05) is 38.5 Å². The van der Waals surface area contributed by atoms with Crippen molar-refractivity contribution in [2.24, 2.45) is 7.05 Å². The molecule has 0 aliphatic carbocycles. The molecule has 0 bridgehead atoms. The Hall–Kier alpha value is -3.53. The zero-order valence-electron chi connectivity index (χ0n) is 23.0. The molecule has 4 aromatic rings. The minimum Gasteiger partial charge on any atom is -0.494 e. The standard InChI is InChI=1S/C28H35N5O4S/c1-8-33-21(13-18-11-16(2)38-26(18)33)24-30-20-12-17(14-22(36-7)23(20)31(24)6)25(34)32-10-9-19(15-32)29-27(35)37-28(3,4)5/h11-14,19H,8-10,15H2,1-7H3,(H,29,35)/t19-/m1/s1. The molecule has 0 radical (unpaired) electrons. The number of alkyl carbamates (subject to hydrolysis) is 1. The predicted octanol–water partition coefficient (Wildman–Crippen LogP) is 5.33. The molecule has 1 N–H and O–H groups in total. The largest absolute Gasteiger partial charge is 0.494 e. The second kappa shape index (κ2) is 9.65. The maximum Gasteiger partial charge on any atom is 0.407 e. The van der Waals surface area contributed by atoms with Crippen LogP contribution in [0.25, 0.3) is 32.8 Å². The summed E-state index contributed by atoms with van der Waals surface area (Å²) in [5, 5.41) is 4.09. The van der Waals surface area contributed by atoms with Crippen LogP contribution >= 0.6 is 11.3 Å². The average Bonchev–Trinajstić information content (AvgIpc) is 3.59. The molecule has 1 aromatic carbocycles. The quantitative estimate of drug-likeness (QED) is 0.372. The number of ether oxygens (including phenoxy) is 2. The smallest absolute Gasteiger partial charge is 0.407 e. The van der Waals surface area contributed by atoms with Gasteiger partial charge >= 0.3 is 6.09 Å². The number of aryl methyl sites for hydroxylation is 3. The van der Waals surface area contributed by atoms with Gasteiger partial charge in [-0.1, -0.05) is 0 Å². The first kappa shape index (κ1) is 26.1. The van der Waals surface area contributed by atoms with Gasteiger partial charge in [0.2, 0.25) is 0 Å². The number of imidazole rings is 1. The molecule has 0 unspecified atom stereocenters. The molecule has 38 heavy (non-hydrogen) atoms. The Labute approximate surface area is 226 Å². The molecular weight excluding hydrogens is 502 g/mol. The first-order valence-corrected chi connectivity index (χ1v) is 13.7. The van der Waals surface area contributed by atoms with Crippen LogP contribution in [0.2, 0.25) is 0 Å². The molecule has 0 spiro atoms. The van der Waals surface area contributed by atoms with Crippen LogP contribution in [0.1, 0.15) is 49.4 Å². The number of nitrogens with zero attached hydrogens (tertiary/aromatic N) is 4. The third-order valence-electron chi connectivity index (χ3n) is 6.83. The summed E-state index contributed by atoms with van der Waals surface area (Å²) >= 11 is 1.78. The molecule has 5 rings (SSSR count). The van der Waals surface area contributed by atoms with Gasteiger partial charge in [-0.25, -0.2) is 9.78 Å². The van der Waals surface area contributed by atoms with E-state index < -0.39 is 11.7 Å². The molecule has 10 heteroatoms. The molecule has 1 saturated heterocycles. The molecule has 4 heterocycles. The van der Waals surface area contributed by atoms with Crippen molar-refractivity contribution in [1.29, 1.82) is 0 Å².